The molecule has 0 unspecified atom stereocenters. The molecule has 0 N–H and O–H groups in total. The molecule has 0 saturated carbocycles. The van der Waals surface area contributed by atoms with Gasteiger partial charge in [0.25, 0.3) is 5.56 Å². The second kappa shape index (κ2) is 7.55. The lowest BCUT2D eigenvalue weighted by atomic mass is 10.1. The van der Waals surface area contributed by atoms with Crippen LogP contribution in [0, 0.1) is 13.8 Å². The Morgan fingerprint density at radius 1 is 1.21 bits per heavy atom. The predicted molar refractivity (Wildman–Crippen MR) is 117 cm³/mol. The van der Waals surface area contributed by atoms with Gasteiger partial charge in [0.1, 0.15) is 10.7 Å². The Morgan fingerprint density at radius 3 is 2.52 bits per heavy atom. The van der Waals surface area contributed by atoms with Crippen LogP contribution in [0.3, 0.4) is 0 Å². The van der Waals surface area contributed by atoms with Crippen LogP contribution < -0.4 is 19.8 Å². The number of ether oxygens (including phenoxy) is 3. The summed E-state index contributed by atoms with van der Waals surface area (Å²) in [4.78, 5) is 19.8. The first-order chi connectivity index (χ1) is 14.0. The zero-order chi connectivity index (χ0) is 20.7. The van der Waals surface area contributed by atoms with Crippen LogP contribution in [0.25, 0.3) is 21.9 Å². The fourth-order valence-electron chi connectivity index (χ4n) is 3.73. The topological polar surface area (TPSA) is 62.6 Å². The zero-order valence-electron chi connectivity index (χ0n) is 17.3. The van der Waals surface area contributed by atoms with E-state index in [1.807, 2.05) is 39.0 Å². The van der Waals surface area contributed by atoms with Crippen LogP contribution in [-0.4, -0.2) is 30.4 Å². The summed E-state index contributed by atoms with van der Waals surface area (Å²) in [5.74, 6) is 2.56. The summed E-state index contributed by atoms with van der Waals surface area (Å²) in [6, 6.07) is 3.83. The van der Waals surface area contributed by atoms with Gasteiger partial charge in [-0.15, -0.1) is 11.3 Å². The lowest BCUT2D eigenvalue weighted by Crippen LogP contribution is -2.20. The number of methoxy groups -OCH3 is 2. The Labute approximate surface area is 173 Å². The Balaban J connectivity index is 1.84. The molecule has 7 heteroatoms. The highest BCUT2D eigenvalue weighted by Crippen LogP contribution is 2.40. The van der Waals surface area contributed by atoms with Gasteiger partial charge in [0.2, 0.25) is 5.75 Å². The summed E-state index contributed by atoms with van der Waals surface area (Å²) in [6.45, 7) is 7.11. The Morgan fingerprint density at radius 2 is 1.90 bits per heavy atom. The van der Waals surface area contributed by atoms with Gasteiger partial charge in [-0.3, -0.25) is 9.36 Å². The first-order valence-corrected chi connectivity index (χ1v) is 10.4. The molecule has 0 atom stereocenters. The first kappa shape index (κ1) is 19.5. The van der Waals surface area contributed by atoms with Crippen LogP contribution >= 0.6 is 11.3 Å². The van der Waals surface area contributed by atoms with E-state index in [9.17, 15) is 4.79 Å². The second-order valence-corrected chi connectivity index (χ2v) is 8.17. The Hall–Kier alpha value is -2.80. The molecule has 0 saturated heterocycles. The minimum atomic E-state index is 0.0529. The van der Waals surface area contributed by atoms with Crippen molar-refractivity contribution >= 4 is 33.2 Å². The molecule has 3 heterocycles. The van der Waals surface area contributed by atoms with E-state index in [1.165, 1.54) is 0 Å². The molecular weight excluding hydrogens is 388 g/mol. The van der Waals surface area contributed by atoms with Gasteiger partial charge in [0.05, 0.1) is 26.2 Å². The third-order valence-electron chi connectivity index (χ3n) is 5.29. The molecule has 0 aliphatic carbocycles. The number of rotatable bonds is 5. The highest BCUT2D eigenvalue weighted by atomic mass is 32.1. The zero-order valence-corrected chi connectivity index (χ0v) is 18.1. The van der Waals surface area contributed by atoms with Crippen LogP contribution in [0.4, 0.5) is 0 Å². The maximum Gasteiger partial charge on any atom is 0.262 e. The van der Waals surface area contributed by atoms with Crippen molar-refractivity contribution in [1.82, 2.24) is 9.55 Å². The van der Waals surface area contributed by atoms with E-state index in [0.717, 1.165) is 44.0 Å². The fourth-order valence-corrected chi connectivity index (χ4v) is 4.75. The lowest BCUT2D eigenvalue weighted by molar-refractivity contribution is 0.288. The number of hydrogen-bond donors (Lipinski definition) is 0. The summed E-state index contributed by atoms with van der Waals surface area (Å²) in [6.07, 6.45) is 2.81. The summed E-state index contributed by atoms with van der Waals surface area (Å²) >= 11 is 1.58. The molecule has 0 fully saturated rings. The molecule has 29 heavy (non-hydrogen) atoms. The number of fused-ring (bicyclic) bond motifs is 2. The van der Waals surface area contributed by atoms with Crippen molar-refractivity contribution in [2.45, 2.75) is 33.7 Å². The number of aromatic nitrogens is 2. The number of nitrogens with zero attached hydrogens (tertiary/aromatic N) is 2. The standard InChI is InChI=1S/C22H24N2O4S/c1-6-28-19-16(26-4)10-14(11-17(19)27-5)9-15-7-8-24-20(15)23-21-18(22(24)25)12(2)13(3)29-21/h9-11H,6-8H2,1-5H3/b15-9-. The molecule has 2 aromatic heterocycles. The van der Waals surface area contributed by atoms with E-state index < -0.39 is 0 Å². The largest absolute Gasteiger partial charge is 0.493 e. The normalized spacial score (nSPS) is 14.4. The van der Waals surface area contributed by atoms with Crippen LogP contribution in [-0.2, 0) is 6.54 Å². The molecular formula is C22H24N2O4S. The van der Waals surface area contributed by atoms with E-state index in [0.29, 0.717) is 30.4 Å². The van der Waals surface area contributed by atoms with E-state index in [1.54, 1.807) is 30.1 Å². The highest BCUT2D eigenvalue weighted by molar-refractivity contribution is 7.18. The quantitative estimate of drug-likeness (QED) is 0.620. The number of hydrogen-bond acceptors (Lipinski definition) is 6. The molecule has 1 aliphatic heterocycles. The van der Waals surface area contributed by atoms with E-state index in [4.69, 9.17) is 19.2 Å². The molecule has 6 nitrogen and oxygen atoms in total. The summed E-state index contributed by atoms with van der Waals surface area (Å²) in [7, 11) is 3.22. The molecule has 0 amide bonds. The summed E-state index contributed by atoms with van der Waals surface area (Å²) < 4.78 is 18.5. The Bertz CT molecular complexity index is 1160. The number of allylic oxidation sites excluding steroid dienone is 1. The van der Waals surface area contributed by atoms with Crippen molar-refractivity contribution in [2.24, 2.45) is 0 Å². The van der Waals surface area contributed by atoms with Gasteiger partial charge in [-0.25, -0.2) is 4.98 Å². The molecule has 1 aromatic carbocycles. The van der Waals surface area contributed by atoms with Gasteiger partial charge >= 0.3 is 0 Å². The maximum atomic E-state index is 13.0. The lowest BCUT2D eigenvalue weighted by Gasteiger charge is -2.14. The molecule has 0 spiro atoms. The van der Waals surface area contributed by atoms with Crippen LogP contribution in [0.15, 0.2) is 16.9 Å². The van der Waals surface area contributed by atoms with Crippen LogP contribution in [0.2, 0.25) is 0 Å². The number of aryl methyl sites for hydroxylation is 2. The van der Waals surface area contributed by atoms with Crippen molar-refractivity contribution in [2.75, 3.05) is 20.8 Å². The van der Waals surface area contributed by atoms with Gasteiger partial charge in [-0.2, -0.15) is 0 Å². The Kier molecular flexibility index (Phi) is 5.08. The minimum Gasteiger partial charge on any atom is -0.493 e. The van der Waals surface area contributed by atoms with Gasteiger partial charge in [0.15, 0.2) is 11.5 Å². The van der Waals surface area contributed by atoms with E-state index in [-0.39, 0.29) is 5.56 Å². The molecule has 4 rings (SSSR count). The maximum absolute atomic E-state index is 13.0. The van der Waals surface area contributed by atoms with Crippen molar-refractivity contribution < 1.29 is 14.2 Å². The van der Waals surface area contributed by atoms with Crippen LogP contribution in [0.5, 0.6) is 17.2 Å². The third kappa shape index (κ3) is 3.19. The smallest absolute Gasteiger partial charge is 0.262 e. The van der Waals surface area contributed by atoms with Gasteiger partial charge in [-0.1, -0.05) is 0 Å². The predicted octanol–water partition coefficient (Wildman–Crippen LogP) is 4.44. The average Bonchev–Trinajstić information content (AvgIpc) is 3.24. The average molecular weight is 413 g/mol. The second-order valence-electron chi connectivity index (χ2n) is 6.96. The summed E-state index contributed by atoms with van der Waals surface area (Å²) in [5.41, 5.74) is 3.03. The van der Waals surface area contributed by atoms with Gasteiger partial charge < -0.3 is 14.2 Å². The van der Waals surface area contributed by atoms with Gasteiger partial charge in [-0.05, 0) is 62.1 Å². The van der Waals surface area contributed by atoms with E-state index >= 15 is 0 Å². The van der Waals surface area contributed by atoms with Crippen molar-refractivity contribution in [3.63, 3.8) is 0 Å². The van der Waals surface area contributed by atoms with Gasteiger partial charge in [0, 0.05) is 11.4 Å². The van der Waals surface area contributed by atoms with Crippen LogP contribution in [0.1, 0.15) is 35.2 Å². The molecule has 1 aliphatic rings. The highest BCUT2D eigenvalue weighted by Gasteiger charge is 2.23. The number of benzene rings is 1. The minimum absolute atomic E-state index is 0.0529. The SMILES string of the molecule is CCOc1c(OC)cc(/C=C2/CCn3c2nc2sc(C)c(C)c2c3=O)cc1OC. The summed E-state index contributed by atoms with van der Waals surface area (Å²) in [5, 5.41) is 0.752. The molecule has 152 valence electrons. The van der Waals surface area contributed by atoms with E-state index in [2.05, 4.69) is 0 Å². The van der Waals surface area contributed by atoms with Crippen molar-refractivity contribution in [1.29, 1.82) is 0 Å². The number of thiophene rings is 1. The first-order valence-electron chi connectivity index (χ1n) is 9.58. The molecule has 0 radical (unpaired) electrons. The molecule has 3 aromatic rings. The monoisotopic (exact) mass is 412 g/mol. The van der Waals surface area contributed by atoms with Crippen molar-refractivity contribution in [3.8, 4) is 17.2 Å². The molecule has 0 bridgehead atoms. The third-order valence-corrected chi connectivity index (χ3v) is 6.39. The van der Waals surface area contributed by atoms with Crippen molar-refractivity contribution in [3.05, 3.63) is 44.3 Å². The fraction of sp³-hybridized carbons (Fsp3) is 0.364.